The monoisotopic (exact) mass is 212 g/mol. The Labute approximate surface area is 90.8 Å². The molecule has 4 nitrogen and oxygen atoms in total. The number of rotatable bonds is 3. The molecule has 0 unspecified atom stereocenters. The van der Waals surface area contributed by atoms with Crippen molar-refractivity contribution in [2.75, 3.05) is 32.8 Å². The van der Waals surface area contributed by atoms with Crippen molar-refractivity contribution >= 4 is 5.91 Å². The fourth-order valence-electron chi connectivity index (χ4n) is 2.56. The maximum atomic E-state index is 10.7. The van der Waals surface area contributed by atoms with Crippen molar-refractivity contribution in [3.8, 4) is 0 Å². The summed E-state index contributed by atoms with van der Waals surface area (Å²) < 4.78 is 5.48. The molecule has 0 aliphatic carbocycles. The first-order chi connectivity index (χ1) is 7.20. The minimum absolute atomic E-state index is 0.195. The van der Waals surface area contributed by atoms with E-state index in [1.165, 1.54) is 19.3 Å². The topological polar surface area (TPSA) is 55.6 Å². The molecule has 4 heteroatoms. The number of hydrogen-bond donors (Lipinski definition) is 1. The Hall–Kier alpha value is -0.610. The Balaban J connectivity index is 1.74. The van der Waals surface area contributed by atoms with Gasteiger partial charge in [-0.3, -0.25) is 4.79 Å². The molecular formula is C11H20N2O2. The van der Waals surface area contributed by atoms with Crippen molar-refractivity contribution in [2.45, 2.75) is 25.7 Å². The molecule has 2 saturated heterocycles. The lowest BCUT2D eigenvalue weighted by atomic mass is 9.78. The Morgan fingerprint density at radius 3 is 2.60 bits per heavy atom. The molecule has 0 aromatic heterocycles. The quantitative estimate of drug-likeness (QED) is 0.735. The third-order valence-electron chi connectivity index (χ3n) is 3.78. The first kappa shape index (κ1) is 10.9. The molecule has 2 heterocycles. The van der Waals surface area contributed by atoms with E-state index in [0.29, 0.717) is 11.8 Å². The van der Waals surface area contributed by atoms with Crippen LogP contribution in [0.3, 0.4) is 0 Å². The SMILES string of the molecule is NC(=O)CCN1CCC2(CCOC2)CC1. The van der Waals surface area contributed by atoms with Gasteiger partial charge in [0.1, 0.15) is 0 Å². The van der Waals surface area contributed by atoms with Gasteiger partial charge in [0, 0.05) is 19.6 Å². The van der Waals surface area contributed by atoms with Crippen molar-refractivity contribution in [1.82, 2.24) is 4.90 Å². The second-order valence-corrected chi connectivity index (χ2v) is 4.86. The lowest BCUT2D eigenvalue weighted by Gasteiger charge is -2.38. The van der Waals surface area contributed by atoms with E-state index in [4.69, 9.17) is 10.5 Å². The lowest BCUT2D eigenvalue weighted by molar-refractivity contribution is -0.118. The van der Waals surface area contributed by atoms with Crippen LogP contribution in [0.15, 0.2) is 0 Å². The largest absolute Gasteiger partial charge is 0.381 e. The number of piperidine rings is 1. The number of likely N-dealkylation sites (tertiary alicyclic amines) is 1. The third kappa shape index (κ3) is 2.69. The highest BCUT2D eigenvalue weighted by Gasteiger charge is 2.37. The van der Waals surface area contributed by atoms with Crippen LogP contribution in [0.4, 0.5) is 0 Å². The van der Waals surface area contributed by atoms with Gasteiger partial charge in [0.15, 0.2) is 0 Å². The molecule has 0 bridgehead atoms. The summed E-state index contributed by atoms with van der Waals surface area (Å²) in [5, 5.41) is 0. The second-order valence-electron chi connectivity index (χ2n) is 4.86. The number of nitrogens with zero attached hydrogens (tertiary/aromatic N) is 1. The van der Waals surface area contributed by atoms with E-state index in [1.54, 1.807) is 0 Å². The van der Waals surface area contributed by atoms with Crippen molar-refractivity contribution in [3.05, 3.63) is 0 Å². The summed E-state index contributed by atoms with van der Waals surface area (Å²) >= 11 is 0. The van der Waals surface area contributed by atoms with Crippen LogP contribution in [0.25, 0.3) is 0 Å². The van der Waals surface area contributed by atoms with Crippen LogP contribution in [0.5, 0.6) is 0 Å². The molecule has 2 N–H and O–H groups in total. The number of nitrogens with two attached hydrogens (primary N) is 1. The van der Waals surface area contributed by atoms with Gasteiger partial charge in [0.05, 0.1) is 6.61 Å². The average Bonchev–Trinajstić information content (AvgIpc) is 2.66. The minimum Gasteiger partial charge on any atom is -0.381 e. The van der Waals surface area contributed by atoms with Gasteiger partial charge in [-0.25, -0.2) is 0 Å². The van der Waals surface area contributed by atoms with Crippen LogP contribution in [-0.4, -0.2) is 43.7 Å². The molecule has 1 spiro atoms. The fourth-order valence-corrected chi connectivity index (χ4v) is 2.56. The molecule has 2 rings (SSSR count). The second kappa shape index (κ2) is 4.49. The zero-order valence-electron chi connectivity index (χ0n) is 9.21. The lowest BCUT2D eigenvalue weighted by Crippen LogP contribution is -2.41. The number of carbonyl (C=O) groups excluding carboxylic acids is 1. The molecule has 86 valence electrons. The van der Waals surface area contributed by atoms with E-state index in [9.17, 15) is 4.79 Å². The Kier molecular flexibility index (Phi) is 3.26. The maximum absolute atomic E-state index is 10.7. The molecule has 0 radical (unpaired) electrons. The molecule has 0 atom stereocenters. The molecule has 2 aliphatic heterocycles. The van der Waals surface area contributed by atoms with E-state index < -0.39 is 0 Å². The summed E-state index contributed by atoms with van der Waals surface area (Å²) in [5.74, 6) is -0.195. The first-order valence-electron chi connectivity index (χ1n) is 5.79. The predicted molar refractivity (Wildman–Crippen MR) is 57.4 cm³/mol. The average molecular weight is 212 g/mol. The molecule has 0 aromatic rings. The van der Waals surface area contributed by atoms with E-state index in [2.05, 4.69) is 4.90 Å². The highest BCUT2D eigenvalue weighted by atomic mass is 16.5. The minimum atomic E-state index is -0.195. The van der Waals surface area contributed by atoms with Crippen LogP contribution in [0, 0.1) is 5.41 Å². The number of carbonyl (C=O) groups is 1. The van der Waals surface area contributed by atoms with Crippen LogP contribution in [0.1, 0.15) is 25.7 Å². The predicted octanol–water partition coefficient (Wildman–Crippen LogP) is 0.364. The Bertz CT molecular complexity index is 227. The molecule has 0 saturated carbocycles. The summed E-state index contributed by atoms with van der Waals surface area (Å²) in [6, 6.07) is 0. The highest BCUT2D eigenvalue weighted by Crippen LogP contribution is 2.38. The molecule has 0 aromatic carbocycles. The van der Waals surface area contributed by atoms with E-state index >= 15 is 0 Å². The van der Waals surface area contributed by atoms with Crippen molar-refractivity contribution in [1.29, 1.82) is 0 Å². The summed E-state index contributed by atoms with van der Waals surface area (Å²) in [4.78, 5) is 13.0. The maximum Gasteiger partial charge on any atom is 0.218 e. The standard InChI is InChI=1S/C11H20N2O2/c12-10(14)1-5-13-6-2-11(3-7-13)4-8-15-9-11/h1-9H2,(H2,12,14). The van der Waals surface area contributed by atoms with Crippen LogP contribution in [-0.2, 0) is 9.53 Å². The first-order valence-corrected chi connectivity index (χ1v) is 5.79. The van der Waals surface area contributed by atoms with Crippen molar-refractivity contribution < 1.29 is 9.53 Å². The zero-order valence-corrected chi connectivity index (χ0v) is 9.21. The van der Waals surface area contributed by atoms with Crippen molar-refractivity contribution in [2.24, 2.45) is 11.1 Å². The van der Waals surface area contributed by atoms with Gasteiger partial charge < -0.3 is 15.4 Å². The number of hydrogen-bond acceptors (Lipinski definition) is 3. The van der Waals surface area contributed by atoms with Crippen LogP contribution >= 0.6 is 0 Å². The zero-order chi connectivity index (χ0) is 10.7. The Morgan fingerprint density at radius 1 is 1.33 bits per heavy atom. The van der Waals surface area contributed by atoms with E-state index in [-0.39, 0.29) is 5.91 Å². The van der Waals surface area contributed by atoms with Gasteiger partial charge in [-0.2, -0.15) is 0 Å². The number of primary amides is 1. The van der Waals surface area contributed by atoms with Gasteiger partial charge in [0.2, 0.25) is 5.91 Å². The summed E-state index contributed by atoms with van der Waals surface area (Å²) in [6.45, 7) is 4.89. The normalized spacial score (nSPS) is 25.9. The van der Waals surface area contributed by atoms with Crippen LogP contribution < -0.4 is 5.73 Å². The Morgan fingerprint density at radius 2 is 2.07 bits per heavy atom. The number of amides is 1. The molecule has 2 fully saturated rings. The number of ether oxygens (including phenoxy) is 1. The van der Waals surface area contributed by atoms with Gasteiger partial charge in [-0.1, -0.05) is 0 Å². The van der Waals surface area contributed by atoms with E-state index in [1.807, 2.05) is 0 Å². The molecular weight excluding hydrogens is 192 g/mol. The third-order valence-corrected chi connectivity index (χ3v) is 3.78. The summed E-state index contributed by atoms with van der Waals surface area (Å²) in [6.07, 6.45) is 4.14. The van der Waals surface area contributed by atoms with Crippen molar-refractivity contribution in [3.63, 3.8) is 0 Å². The highest BCUT2D eigenvalue weighted by molar-refractivity contribution is 5.73. The van der Waals surface area contributed by atoms with Gasteiger partial charge in [-0.05, 0) is 37.8 Å². The van der Waals surface area contributed by atoms with E-state index in [0.717, 1.165) is 32.8 Å². The fraction of sp³-hybridized carbons (Fsp3) is 0.909. The molecule has 1 amide bonds. The van der Waals surface area contributed by atoms with Gasteiger partial charge in [-0.15, -0.1) is 0 Å². The summed E-state index contributed by atoms with van der Waals surface area (Å²) in [5.41, 5.74) is 5.60. The summed E-state index contributed by atoms with van der Waals surface area (Å²) in [7, 11) is 0. The van der Waals surface area contributed by atoms with Crippen LogP contribution in [0.2, 0.25) is 0 Å². The van der Waals surface area contributed by atoms with Gasteiger partial charge >= 0.3 is 0 Å². The molecule has 2 aliphatic rings. The van der Waals surface area contributed by atoms with Gasteiger partial charge in [0.25, 0.3) is 0 Å². The smallest absolute Gasteiger partial charge is 0.218 e. The molecule has 15 heavy (non-hydrogen) atoms.